The third-order valence-corrected chi connectivity index (χ3v) is 2.27. The molecule has 0 radical (unpaired) electrons. The Hall–Kier alpha value is 0.243. The summed E-state index contributed by atoms with van der Waals surface area (Å²) >= 11 is 0. The molecule has 0 aromatic carbocycles. The minimum absolute atomic E-state index is 0. The second-order valence-electron chi connectivity index (χ2n) is 5.68. The van der Waals surface area contributed by atoms with Crippen molar-refractivity contribution in [3.63, 3.8) is 0 Å². The van der Waals surface area contributed by atoms with E-state index < -0.39 is 0 Å². The predicted octanol–water partition coefficient (Wildman–Crippen LogP) is 5.37. The Labute approximate surface area is 153 Å². The zero-order chi connectivity index (χ0) is 15.3. The SMILES string of the molecule is CC(C[N-]C(C)(C)C)C1=CC=CC1.C[N-]C.C[N-]C.[CH3-].[Zr+4]. The molecule has 1 aliphatic rings. The molecule has 0 bridgehead atoms. The molecule has 4 heteroatoms. The molecule has 0 heterocycles. The summed E-state index contributed by atoms with van der Waals surface area (Å²) in [4.78, 5) is 0. The van der Waals surface area contributed by atoms with Gasteiger partial charge in [-0.25, -0.2) is 0 Å². The minimum atomic E-state index is 0. The molecule has 0 aromatic rings. The average Bonchev–Trinajstić information content (AvgIpc) is 2.80. The summed E-state index contributed by atoms with van der Waals surface area (Å²) in [5, 5.41) is 11.6. The van der Waals surface area contributed by atoms with Gasteiger partial charge in [-0.1, -0.05) is 51.5 Å². The Balaban J connectivity index is -0.000000157. The van der Waals surface area contributed by atoms with E-state index in [1.165, 1.54) is 5.57 Å². The van der Waals surface area contributed by atoms with Gasteiger partial charge >= 0.3 is 26.2 Å². The molecule has 0 fully saturated rings. The molecule has 3 nitrogen and oxygen atoms in total. The first-order valence-electron chi connectivity index (χ1n) is 6.82. The van der Waals surface area contributed by atoms with Crippen LogP contribution in [0.15, 0.2) is 23.8 Å². The molecule has 0 aromatic heterocycles. The molecule has 0 N–H and O–H groups in total. The fraction of sp³-hybridized carbons (Fsp3) is 0.706. The minimum Gasteiger partial charge on any atom is -0.668 e. The molecule has 0 amide bonds. The van der Waals surface area contributed by atoms with E-state index in [2.05, 4.69) is 61.9 Å². The van der Waals surface area contributed by atoms with Crippen molar-refractivity contribution in [1.29, 1.82) is 0 Å². The molecule has 1 rings (SSSR count). The molecule has 0 saturated carbocycles. The Morgan fingerprint density at radius 1 is 1.10 bits per heavy atom. The van der Waals surface area contributed by atoms with Gasteiger partial charge in [-0.2, -0.15) is 28.2 Å². The van der Waals surface area contributed by atoms with Crippen molar-refractivity contribution in [3.05, 3.63) is 47.2 Å². The van der Waals surface area contributed by atoms with Crippen molar-refractivity contribution in [1.82, 2.24) is 0 Å². The van der Waals surface area contributed by atoms with Crippen LogP contribution >= 0.6 is 0 Å². The molecule has 21 heavy (non-hydrogen) atoms. The first-order chi connectivity index (χ1) is 8.82. The number of hydrogen-bond acceptors (Lipinski definition) is 0. The number of allylic oxidation sites excluding steroid dienone is 3. The summed E-state index contributed by atoms with van der Waals surface area (Å²) in [6.07, 6.45) is 7.70. The van der Waals surface area contributed by atoms with Gasteiger partial charge in [0.2, 0.25) is 0 Å². The maximum Gasteiger partial charge on any atom is 4.00 e. The molecule has 122 valence electrons. The van der Waals surface area contributed by atoms with Crippen molar-refractivity contribution in [2.24, 2.45) is 5.92 Å². The van der Waals surface area contributed by atoms with Gasteiger partial charge in [0.1, 0.15) is 0 Å². The smallest absolute Gasteiger partial charge is 0.668 e. The second-order valence-corrected chi connectivity index (χ2v) is 5.68. The van der Waals surface area contributed by atoms with Crippen LogP contribution in [0.1, 0.15) is 34.1 Å². The van der Waals surface area contributed by atoms with Crippen LogP contribution in [0, 0.1) is 13.3 Å². The van der Waals surface area contributed by atoms with Crippen molar-refractivity contribution >= 4 is 0 Å². The molecule has 0 saturated heterocycles. The van der Waals surface area contributed by atoms with E-state index in [-0.39, 0.29) is 39.2 Å². The van der Waals surface area contributed by atoms with E-state index in [0.29, 0.717) is 5.92 Å². The zero-order valence-electron chi connectivity index (χ0n) is 15.6. The maximum absolute atomic E-state index is 4.63. The van der Waals surface area contributed by atoms with Gasteiger partial charge in [0, 0.05) is 0 Å². The molecule has 1 atom stereocenters. The quantitative estimate of drug-likeness (QED) is 0.598. The first-order valence-corrected chi connectivity index (χ1v) is 6.82. The Kier molecular flexibility index (Phi) is 25.5. The van der Waals surface area contributed by atoms with E-state index in [1.54, 1.807) is 28.2 Å². The van der Waals surface area contributed by atoms with Crippen LogP contribution in [-0.4, -0.2) is 40.3 Å². The Morgan fingerprint density at radius 2 is 1.52 bits per heavy atom. The van der Waals surface area contributed by atoms with E-state index in [4.69, 9.17) is 0 Å². The zero-order valence-corrected chi connectivity index (χ0v) is 18.0. The summed E-state index contributed by atoms with van der Waals surface area (Å²) < 4.78 is 0. The fourth-order valence-corrected chi connectivity index (χ4v) is 1.36. The normalized spacial score (nSPS) is 13.4. The Bertz CT molecular complexity index is 253. The van der Waals surface area contributed by atoms with Crippen LogP contribution < -0.4 is 0 Å². The van der Waals surface area contributed by atoms with Gasteiger partial charge in [-0.15, -0.1) is 12.1 Å². The maximum atomic E-state index is 4.63. The summed E-state index contributed by atoms with van der Waals surface area (Å²) in [7, 11) is 7.00. The fourth-order valence-electron chi connectivity index (χ4n) is 1.36. The van der Waals surface area contributed by atoms with Gasteiger partial charge in [-0.3, -0.25) is 0 Å². The molecular formula is C17H35N3Zr. The third-order valence-electron chi connectivity index (χ3n) is 2.27. The van der Waals surface area contributed by atoms with Crippen LogP contribution in [0.25, 0.3) is 16.0 Å². The van der Waals surface area contributed by atoms with Crippen molar-refractivity contribution in [3.8, 4) is 0 Å². The van der Waals surface area contributed by atoms with Crippen molar-refractivity contribution in [2.45, 2.75) is 39.7 Å². The van der Waals surface area contributed by atoms with Crippen LogP contribution in [0.3, 0.4) is 0 Å². The van der Waals surface area contributed by atoms with E-state index >= 15 is 0 Å². The topological polar surface area (TPSA) is 42.3 Å². The van der Waals surface area contributed by atoms with Gasteiger partial charge in [0.05, 0.1) is 0 Å². The molecular weight excluding hydrogens is 337 g/mol. The van der Waals surface area contributed by atoms with Gasteiger partial charge in [0.25, 0.3) is 0 Å². The molecule has 0 spiro atoms. The number of nitrogens with zero attached hydrogens (tertiary/aromatic N) is 3. The van der Waals surface area contributed by atoms with Crippen LogP contribution in [-0.2, 0) is 26.2 Å². The van der Waals surface area contributed by atoms with Crippen LogP contribution in [0.4, 0.5) is 0 Å². The monoisotopic (exact) mass is 371 g/mol. The van der Waals surface area contributed by atoms with Gasteiger partial charge in [0.15, 0.2) is 0 Å². The molecule has 0 aliphatic heterocycles. The second kappa shape index (κ2) is 18.3. The van der Waals surface area contributed by atoms with Gasteiger partial charge in [-0.05, 0) is 12.3 Å². The summed E-state index contributed by atoms with van der Waals surface area (Å²) in [5.74, 6) is 0.606. The predicted molar refractivity (Wildman–Crippen MR) is 95.8 cm³/mol. The molecule has 1 aliphatic carbocycles. The first kappa shape index (κ1) is 29.3. The van der Waals surface area contributed by atoms with Crippen molar-refractivity contribution in [2.75, 3.05) is 34.7 Å². The summed E-state index contributed by atoms with van der Waals surface area (Å²) in [6.45, 7) is 9.67. The van der Waals surface area contributed by atoms with Crippen LogP contribution in [0.5, 0.6) is 0 Å². The van der Waals surface area contributed by atoms with Crippen molar-refractivity contribution < 1.29 is 26.2 Å². The van der Waals surface area contributed by atoms with E-state index in [9.17, 15) is 0 Å². The van der Waals surface area contributed by atoms with Gasteiger partial charge < -0.3 is 23.4 Å². The van der Waals surface area contributed by atoms with E-state index in [1.807, 2.05) is 0 Å². The van der Waals surface area contributed by atoms with Crippen LogP contribution in [0.2, 0.25) is 0 Å². The number of hydrogen-bond donors (Lipinski definition) is 0. The largest absolute Gasteiger partial charge is 4.00 e. The standard InChI is InChI=1S/C12H20N.2C2H6N.CH3.Zr/c1-10(9-13-12(2,3)4)11-7-5-6-8-11;2*1-3-2;;/h5-7,10H,8-9H2,1-4H3;2*1-2H3;1H3;/q4*-1;+4. The Morgan fingerprint density at radius 3 is 1.81 bits per heavy atom. The summed E-state index contributed by atoms with van der Waals surface area (Å²) in [5.41, 5.74) is 1.63. The third kappa shape index (κ3) is 22.7. The molecule has 1 unspecified atom stereocenters. The number of rotatable bonds is 3. The average molecular weight is 373 g/mol. The summed E-state index contributed by atoms with van der Waals surface area (Å²) in [6, 6.07) is 0. The van der Waals surface area contributed by atoms with E-state index in [0.717, 1.165) is 13.0 Å².